The lowest BCUT2D eigenvalue weighted by molar-refractivity contribution is 0.104. The Labute approximate surface area is 105 Å². The summed E-state index contributed by atoms with van der Waals surface area (Å²) in [7, 11) is 0. The van der Waals surface area contributed by atoms with Crippen molar-refractivity contribution in [2.75, 3.05) is 6.61 Å². The smallest absolute Gasteiger partial charge is 0.120 e. The Morgan fingerprint density at radius 3 is 2.62 bits per heavy atom. The molecule has 0 amide bonds. The number of rotatable bonds is 3. The van der Waals surface area contributed by atoms with E-state index in [1.807, 2.05) is 24.3 Å². The Morgan fingerprint density at radius 1 is 1.25 bits per heavy atom. The number of benzene rings is 1. The molecule has 1 N–H and O–H groups in total. The molecule has 0 bridgehead atoms. The van der Waals surface area contributed by atoms with E-state index in [4.69, 9.17) is 9.84 Å². The van der Waals surface area contributed by atoms with E-state index < -0.39 is 0 Å². The SMILES string of the molecule is OC[C@H]1CC[C@H](Oc2cccc(Br)c2)CC1. The van der Waals surface area contributed by atoms with Crippen molar-refractivity contribution in [1.82, 2.24) is 0 Å². The fraction of sp³-hybridized carbons (Fsp3) is 0.538. The van der Waals surface area contributed by atoms with Crippen molar-refractivity contribution in [3.05, 3.63) is 28.7 Å². The molecule has 0 aromatic heterocycles. The highest BCUT2D eigenvalue weighted by atomic mass is 79.9. The molecule has 1 aliphatic carbocycles. The van der Waals surface area contributed by atoms with Crippen LogP contribution in [0.5, 0.6) is 5.75 Å². The van der Waals surface area contributed by atoms with Gasteiger partial charge in [-0.05, 0) is 49.8 Å². The lowest BCUT2D eigenvalue weighted by atomic mass is 9.88. The van der Waals surface area contributed by atoms with Gasteiger partial charge in [0.1, 0.15) is 5.75 Å². The zero-order valence-corrected chi connectivity index (χ0v) is 10.8. The van der Waals surface area contributed by atoms with Gasteiger partial charge in [0.15, 0.2) is 0 Å². The standard InChI is InChI=1S/C13H17BrO2/c14-11-2-1-3-13(8-11)16-12-6-4-10(9-15)5-7-12/h1-3,8,10,12,15H,4-7,9H2/t10-,12-. The van der Waals surface area contributed by atoms with Crippen LogP contribution >= 0.6 is 15.9 Å². The molecular formula is C13H17BrO2. The van der Waals surface area contributed by atoms with Crippen LogP contribution in [-0.2, 0) is 0 Å². The van der Waals surface area contributed by atoms with E-state index in [0.717, 1.165) is 35.9 Å². The second kappa shape index (κ2) is 5.69. The maximum atomic E-state index is 9.06. The van der Waals surface area contributed by atoms with Crippen LogP contribution < -0.4 is 4.74 Å². The van der Waals surface area contributed by atoms with Crippen molar-refractivity contribution in [3.63, 3.8) is 0 Å². The Bertz CT molecular complexity index is 332. The minimum absolute atomic E-state index is 0.317. The molecule has 0 aliphatic heterocycles. The summed E-state index contributed by atoms with van der Waals surface area (Å²) in [6.07, 6.45) is 4.58. The topological polar surface area (TPSA) is 29.5 Å². The van der Waals surface area contributed by atoms with Crippen molar-refractivity contribution in [3.8, 4) is 5.75 Å². The van der Waals surface area contributed by atoms with E-state index in [1.54, 1.807) is 0 Å². The molecule has 2 rings (SSSR count). The quantitative estimate of drug-likeness (QED) is 0.922. The Morgan fingerprint density at radius 2 is 2.00 bits per heavy atom. The summed E-state index contributed by atoms with van der Waals surface area (Å²) in [6, 6.07) is 7.97. The van der Waals surface area contributed by atoms with Crippen molar-refractivity contribution >= 4 is 15.9 Å². The number of hydrogen-bond acceptors (Lipinski definition) is 2. The van der Waals surface area contributed by atoms with Gasteiger partial charge in [0.05, 0.1) is 6.10 Å². The summed E-state index contributed by atoms with van der Waals surface area (Å²) in [5, 5.41) is 9.06. The lowest BCUT2D eigenvalue weighted by Gasteiger charge is -2.27. The summed E-state index contributed by atoms with van der Waals surface area (Å²) >= 11 is 3.43. The molecule has 0 unspecified atom stereocenters. The number of halogens is 1. The van der Waals surface area contributed by atoms with Gasteiger partial charge in [0.25, 0.3) is 0 Å². The molecule has 3 heteroatoms. The first-order chi connectivity index (χ1) is 7.78. The van der Waals surface area contributed by atoms with E-state index in [-0.39, 0.29) is 0 Å². The third-order valence-electron chi connectivity index (χ3n) is 3.15. The normalized spacial score (nSPS) is 25.4. The summed E-state index contributed by atoms with van der Waals surface area (Å²) in [5.41, 5.74) is 0. The molecule has 1 aromatic rings. The molecule has 0 saturated heterocycles. The van der Waals surface area contributed by atoms with Gasteiger partial charge in [-0.3, -0.25) is 0 Å². The molecule has 0 atom stereocenters. The fourth-order valence-corrected chi connectivity index (χ4v) is 2.54. The zero-order chi connectivity index (χ0) is 11.4. The maximum Gasteiger partial charge on any atom is 0.120 e. The first-order valence-corrected chi connectivity index (χ1v) is 6.60. The van der Waals surface area contributed by atoms with Crippen LogP contribution in [0, 0.1) is 5.92 Å². The molecule has 0 heterocycles. The lowest BCUT2D eigenvalue weighted by Crippen LogP contribution is -2.25. The molecule has 0 radical (unpaired) electrons. The average Bonchev–Trinajstić information content (AvgIpc) is 2.30. The first kappa shape index (κ1) is 11.9. The highest BCUT2D eigenvalue weighted by Crippen LogP contribution is 2.28. The predicted molar refractivity (Wildman–Crippen MR) is 67.6 cm³/mol. The minimum atomic E-state index is 0.317. The third kappa shape index (κ3) is 3.22. The van der Waals surface area contributed by atoms with E-state index in [1.165, 1.54) is 0 Å². The van der Waals surface area contributed by atoms with Gasteiger partial charge in [-0.1, -0.05) is 22.0 Å². The van der Waals surface area contributed by atoms with Crippen LogP contribution in [0.15, 0.2) is 28.7 Å². The van der Waals surface area contributed by atoms with E-state index >= 15 is 0 Å². The third-order valence-corrected chi connectivity index (χ3v) is 3.64. The summed E-state index contributed by atoms with van der Waals surface area (Å²) in [6.45, 7) is 0.323. The van der Waals surface area contributed by atoms with Crippen molar-refractivity contribution in [1.29, 1.82) is 0 Å². The predicted octanol–water partition coefficient (Wildman–Crippen LogP) is 3.38. The van der Waals surface area contributed by atoms with Crippen LogP contribution in [-0.4, -0.2) is 17.8 Å². The summed E-state index contributed by atoms with van der Waals surface area (Å²) in [4.78, 5) is 0. The molecule has 0 spiro atoms. The van der Waals surface area contributed by atoms with E-state index in [0.29, 0.717) is 18.6 Å². The van der Waals surface area contributed by atoms with Crippen LogP contribution in [0.4, 0.5) is 0 Å². The molecule has 16 heavy (non-hydrogen) atoms. The number of aliphatic hydroxyl groups is 1. The minimum Gasteiger partial charge on any atom is -0.490 e. The van der Waals surface area contributed by atoms with Crippen molar-refractivity contribution in [2.45, 2.75) is 31.8 Å². The molecule has 1 fully saturated rings. The van der Waals surface area contributed by atoms with E-state index in [9.17, 15) is 0 Å². The van der Waals surface area contributed by atoms with Crippen LogP contribution in [0.3, 0.4) is 0 Å². The second-order valence-corrected chi connectivity index (χ2v) is 5.32. The molecule has 1 saturated carbocycles. The van der Waals surface area contributed by atoms with Gasteiger partial charge in [0.2, 0.25) is 0 Å². The maximum absolute atomic E-state index is 9.06. The largest absolute Gasteiger partial charge is 0.490 e. The average molecular weight is 285 g/mol. The van der Waals surface area contributed by atoms with Crippen LogP contribution in [0.1, 0.15) is 25.7 Å². The Hall–Kier alpha value is -0.540. The van der Waals surface area contributed by atoms with Crippen molar-refractivity contribution < 1.29 is 9.84 Å². The molecular weight excluding hydrogens is 268 g/mol. The monoisotopic (exact) mass is 284 g/mol. The number of hydrogen-bond donors (Lipinski definition) is 1. The highest BCUT2D eigenvalue weighted by Gasteiger charge is 2.21. The second-order valence-electron chi connectivity index (χ2n) is 4.40. The van der Waals surface area contributed by atoms with Gasteiger partial charge in [-0.25, -0.2) is 0 Å². The fourth-order valence-electron chi connectivity index (χ4n) is 2.17. The molecule has 2 nitrogen and oxygen atoms in total. The van der Waals surface area contributed by atoms with E-state index in [2.05, 4.69) is 15.9 Å². The molecule has 1 aliphatic rings. The number of ether oxygens (including phenoxy) is 1. The molecule has 1 aromatic carbocycles. The van der Waals surface area contributed by atoms with Gasteiger partial charge in [-0.15, -0.1) is 0 Å². The van der Waals surface area contributed by atoms with Gasteiger partial charge < -0.3 is 9.84 Å². The highest BCUT2D eigenvalue weighted by molar-refractivity contribution is 9.10. The first-order valence-electron chi connectivity index (χ1n) is 5.81. The Kier molecular flexibility index (Phi) is 4.24. The van der Waals surface area contributed by atoms with Crippen LogP contribution in [0.25, 0.3) is 0 Å². The zero-order valence-electron chi connectivity index (χ0n) is 9.23. The van der Waals surface area contributed by atoms with Crippen LogP contribution in [0.2, 0.25) is 0 Å². The summed E-state index contributed by atoms with van der Waals surface area (Å²) < 4.78 is 6.97. The number of aliphatic hydroxyl groups excluding tert-OH is 1. The van der Waals surface area contributed by atoms with Gasteiger partial charge >= 0.3 is 0 Å². The van der Waals surface area contributed by atoms with Gasteiger partial charge in [-0.2, -0.15) is 0 Å². The van der Waals surface area contributed by atoms with Crippen molar-refractivity contribution in [2.24, 2.45) is 5.92 Å². The van der Waals surface area contributed by atoms with Gasteiger partial charge in [0, 0.05) is 11.1 Å². The Balaban J connectivity index is 1.87. The summed E-state index contributed by atoms with van der Waals surface area (Å²) in [5.74, 6) is 1.42. The molecule has 88 valence electrons.